The highest BCUT2D eigenvalue weighted by atomic mass is 32.1. The zero-order chi connectivity index (χ0) is 18.4. The third-order valence-electron chi connectivity index (χ3n) is 4.37. The second-order valence-electron chi connectivity index (χ2n) is 6.30. The number of benzene rings is 1. The molecule has 5 nitrogen and oxygen atoms in total. The van der Waals surface area contributed by atoms with Crippen molar-refractivity contribution in [2.75, 3.05) is 19.6 Å². The minimum atomic E-state index is 0.745. The van der Waals surface area contributed by atoms with Gasteiger partial charge in [0.2, 0.25) is 0 Å². The van der Waals surface area contributed by atoms with Crippen LogP contribution >= 0.6 is 11.3 Å². The molecule has 0 radical (unpaired) electrons. The van der Waals surface area contributed by atoms with Gasteiger partial charge in [-0.15, -0.1) is 11.3 Å². The van der Waals surface area contributed by atoms with Gasteiger partial charge in [-0.3, -0.25) is 4.99 Å². The Bertz CT molecular complexity index is 858. The maximum absolute atomic E-state index is 4.68. The zero-order valence-electron chi connectivity index (χ0n) is 15.7. The largest absolute Gasteiger partial charge is 0.361 e. The van der Waals surface area contributed by atoms with Gasteiger partial charge in [-0.2, -0.15) is 0 Å². The smallest absolute Gasteiger partial charge is 0.191 e. The van der Waals surface area contributed by atoms with Gasteiger partial charge >= 0.3 is 0 Å². The van der Waals surface area contributed by atoms with Gasteiger partial charge in [-0.1, -0.05) is 18.2 Å². The van der Waals surface area contributed by atoms with Crippen molar-refractivity contribution in [3.8, 4) is 0 Å². The van der Waals surface area contributed by atoms with E-state index < -0.39 is 0 Å². The van der Waals surface area contributed by atoms with E-state index in [9.17, 15) is 0 Å². The topological polar surface area (TPSA) is 65.1 Å². The van der Waals surface area contributed by atoms with Crippen LogP contribution in [0.2, 0.25) is 0 Å². The van der Waals surface area contributed by atoms with Crippen LogP contribution in [0.4, 0.5) is 0 Å². The van der Waals surface area contributed by atoms with Gasteiger partial charge in [0.25, 0.3) is 0 Å². The zero-order valence-corrected chi connectivity index (χ0v) is 16.5. The van der Waals surface area contributed by atoms with Crippen LogP contribution in [-0.2, 0) is 12.8 Å². The Balaban J connectivity index is 1.52. The fraction of sp³-hybridized carbons (Fsp3) is 0.400. The number of aromatic amines is 1. The maximum atomic E-state index is 4.68. The molecule has 3 aromatic rings. The number of nitrogens with zero attached hydrogens (tertiary/aromatic N) is 2. The first-order valence-corrected chi connectivity index (χ1v) is 9.99. The van der Waals surface area contributed by atoms with Gasteiger partial charge in [0.1, 0.15) is 0 Å². The molecular formula is C20H27N5S. The van der Waals surface area contributed by atoms with Crippen LogP contribution in [-0.4, -0.2) is 35.6 Å². The fourth-order valence-corrected chi connectivity index (χ4v) is 3.83. The van der Waals surface area contributed by atoms with E-state index in [2.05, 4.69) is 76.8 Å². The minimum absolute atomic E-state index is 0.745. The SMILES string of the molecule is CCNC(=NCCc1nc(C)c(C)s1)NCCc1c[nH]c2ccccc12. The predicted octanol–water partition coefficient (Wildman–Crippen LogP) is 3.58. The summed E-state index contributed by atoms with van der Waals surface area (Å²) in [4.78, 5) is 13.9. The Labute approximate surface area is 159 Å². The Morgan fingerprint density at radius 2 is 2.04 bits per heavy atom. The van der Waals surface area contributed by atoms with E-state index >= 15 is 0 Å². The average molecular weight is 370 g/mol. The third-order valence-corrected chi connectivity index (χ3v) is 5.51. The Kier molecular flexibility index (Phi) is 6.28. The summed E-state index contributed by atoms with van der Waals surface area (Å²) >= 11 is 1.77. The molecule has 1 aromatic carbocycles. The number of hydrogen-bond acceptors (Lipinski definition) is 3. The van der Waals surface area contributed by atoms with Gasteiger partial charge in [-0.25, -0.2) is 4.98 Å². The van der Waals surface area contributed by atoms with Crippen LogP contribution in [0.15, 0.2) is 35.5 Å². The summed E-state index contributed by atoms with van der Waals surface area (Å²) in [5.74, 6) is 0.873. The van der Waals surface area contributed by atoms with Gasteiger partial charge in [-0.05, 0) is 38.8 Å². The summed E-state index contributed by atoms with van der Waals surface area (Å²) < 4.78 is 0. The summed E-state index contributed by atoms with van der Waals surface area (Å²) in [6.07, 6.45) is 3.95. The van der Waals surface area contributed by atoms with Crippen molar-refractivity contribution in [3.05, 3.63) is 51.6 Å². The highest BCUT2D eigenvalue weighted by Crippen LogP contribution is 2.18. The number of aromatic nitrogens is 2. The molecule has 0 spiro atoms. The summed E-state index contributed by atoms with van der Waals surface area (Å²) in [6, 6.07) is 8.42. The molecule has 0 aliphatic rings. The number of rotatable bonds is 7. The number of hydrogen-bond donors (Lipinski definition) is 3. The van der Waals surface area contributed by atoms with Crippen LogP contribution in [0.25, 0.3) is 10.9 Å². The van der Waals surface area contributed by atoms with Crippen LogP contribution in [0.1, 0.15) is 28.1 Å². The van der Waals surface area contributed by atoms with E-state index in [1.54, 1.807) is 11.3 Å². The van der Waals surface area contributed by atoms with Crippen LogP contribution in [0, 0.1) is 13.8 Å². The number of thiazole rings is 1. The molecule has 0 saturated carbocycles. The summed E-state index contributed by atoms with van der Waals surface area (Å²) in [5.41, 5.74) is 3.66. The minimum Gasteiger partial charge on any atom is -0.361 e. The van der Waals surface area contributed by atoms with Crippen molar-refractivity contribution in [3.63, 3.8) is 0 Å². The summed E-state index contributed by atoms with van der Waals surface area (Å²) in [6.45, 7) is 8.72. The molecule has 26 heavy (non-hydrogen) atoms. The molecular weight excluding hydrogens is 342 g/mol. The lowest BCUT2D eigenvalue weighted by atomic mass is 10.1. The van der Waals surface area contributed by atoms with Crippen LogP contribution < -0.4 is 10.6 Å². The lowest BCUT2D eigenvalue weighted by molar-refractivity contribution is 0.798. The number of para-hydroxylation sites is 1. The quantitative estimate of drug-likeness (QED) is 0.440. The second-order valence-corrected chi connectivity index (χ2v) is 7.58. The highest BCUT2D eigenvalue weighted by molar-refractivity contribution is 7.11. The molecule has 0 aliphatic carbocycles. The van der Waals surface area contributed by atoms with Crippen LogP contribution in [0.5, 0.6) is 0 Å². The number of aliphatic imine (C=N–C) groups is 1. The molecule has 0 bridgehead atoms. The van der Waals surface area contributed by atoms with Crippen molar-refractivity contribution < 1.29 is 0 Å². The summed E-state index contributed by atoms with van der Waals surface area (Å²) in [5, 5.41) is 9.21. The van der Waals surface area contributed by atoms with Crippen LogP contribution in [0.3, 0.4) is 0 Å². The first kappa shape index (κ1) is 18.5. The number of nitrogens with one attached hydrogen (secondary N) is 3. The normalized spacial score (nSPS) is 11.9. The first-order valence-electron chi connectivity index (χ1n) is 9.17. The fourth-order valence-electron chi connectivity index (χ4n) is 2.91. The van der Waals surface area contributed by atoms with Gasteiger partial charge in [0, 0.05) is 48.0 Å². The van der Waals surface area contributed by atoms with Gasteiger partial charge < -0.3 is 15.6 Å². The third kappa shape index (κ3) is 4.64. The van der Waals surface area contributed by atoms with E-state index in [0.717, 1.165) is 44.1 Å². The van der Waals surface area contributed by atoms with Crippen molar-refractivity contribution in [2.24, 2.45) is 4.99 Å². The molecule has 6 heteroatoms. The Morgan fingerprint density at radius 3 is 2.81 bits per heavy atom. The number of aryl methyl sites for hydroxylation is 2. The number of fused-ring (bicyclic) bond motifs is 1. The summed E-state index contributed by atoms with van der Waals surface area (Å²) in [7, 11) is 0. The van der Waals surface area contributed by atoms with Gasteiger partial charge in [0.15, 0.2) is 5.96 Å². The number of H-pyrrole nitrogens is 1. The Hall–Kier alpha value is -2.34. The van der Waals surface area contributed by atoms with Gasteiger partial charge in [0.05, 0.1) is 10.7 Å². The van der Waals surface area contributed by atoms with E-state index in [1.807, 2.05) is 0 Å². The van der Waals surface area contributed by atoms with Crippen molar-refractivity contribution in [2.45, 2.75) is 33.6 Å². The molecule has 2 aromatic heterocycles. The average Bonchev–Trinajstić information content (AvgIpc) is 3.18. The lowest BCUT2D eigenvalue weighted by Crippen LogP contribution is -2.38. The molecule has 3 N–H and O–H groups in total. The molecule has 0 saturated heterocycles. The van der Waals surface area contributed by atoms with E-state index in [-0.39, 0.29) is 0 Å². The molecule has 0 aliphatic heterocycles. The van der Waals surface area contributed by atoms with Crippen molar-refractivity contribution in [1.29, 1.82) is 0 Å². The van der Waals surface area contributed by atoms with Crippen molar-refractivity contribution in [1.82, 2.24) is 20.6 Å². The standard InChI is InChI=1S/C20H27N5S/c1-4-21-20(23-12-10-19-25-14(2)15(3)26-19)22-11-9-16-13-24-18-8-6-5-7-17(16)18/h5-8,13,24H,4,9-12H2,1-3H3,(H2,21,22,23). The molecule has 0 atom stereocenters. The second kappa shape index (κ2) is 8.85. The van der Waals surface area contributed by atoms with E-state index in [4.69, 9.17) is 0 Å². The lowest BCUT2D eigenvalue weighted by Gasteiger charge is -2.10. The molecule has 0 unspecified atom stereocenters. The molecule has 138 valence electrons. The first-order chi connectivity index (χ1) is 12.7. The number of guanidine groups is 1. The molecule has 0 fully saturated rings. The van der Waals surface area contributed by atoms with E-state index in [1.165, 1.54) is 26.4 Å². The maximum Gasteiger partial charge on any atom is 0.191 e. The van der Waals surface area contributed by atoms with Crippen molar-refractivity contribution >= 4 is 28.2 Å². The Morgan fingerprint density at radius 1 is 1.19 bits per heavy atom. The monoisotopic (exact) mass is 369 g/mol. The van der Waals surface area contributed by atoms with E-state index in [0.29, 0.717) is 0 Å². The predicted molar refractivity (Wildman–Crippen MR) is 111 cm³/mol. The highest BCUT2D eigenvalue weighted by Gasteiger charge is 2.05. The molecule has 3 rings (SSSR count). The molecule has 0 amide bonds. The molecule has 2 heterocycles.